The number of carbonyl (C=O) groups excluding carboxylic acids is 1. The van der Waals surface area contributed by atoms with Gasteiger partial charge < -0.3 is 20.9 Å². The van der Waals surface area contributed by atoms with Crippen molar-refractivity contribution in [2.24, 2.45) is 5.73 Å². The lowest BCUT2D eigenvalue weighted by Gasteiger charge is -2.27. The topological polar surface area (TPSA) is 110 Å². The average molecular weight is 384 g/mol. The zero-order valence-corrected chi connectivity index (χ0v) is 15.4. The third-order valence-corrected chi connectivity index (χ3v) is 5.57. The van der Waals surface area contributed by atoms with Crippen LogP contribution in [0.1, 0.15) is 36.2 Å². The van der Waals surface area contributed by atoms with E-state index >= 15 is 0 Å². The van der Waals surface area contributed by atoms with Gasteiger partial charge in [0.15, 0.2) is 5.13 Å². The van der Waals surface area contributed by atoms with Crippen LogP contribution < -0.4 is 15.8 Å². The number of nitrogens with one attached hydrogen (secondary N) is 1. The van der Waals surface area contributed by atoms with Crippen LogP contribution in [0, 0.1) is 0 Å². The lowest BCUT2D eigenvalue weighted by atomic mass is 9.93. The minimum Gasteiger partial charge on any atom is -0.457 e. The second kappa shape index (κ2) is 7.50. The fourth-order valence-corrected chi connectivity index (χ4v) is 4.17. The summed E-state index contributed by atoms with van der Waals surface area (Å²) in [6, 6.07) is 8.85. The number of aliphatic hydroxyl groups is 1. The Labute approximate surface area is 160 Å². The van der Waals surface area contributed by atoms with E-state index in [1.165, 1.54) is 23.6 Å². The third kappa shape index (κ3) is 4.01. The van der Waals surface area contributed by atoms with Gasteiger partial charge in [0.1, 0.15) is 17.2 Å². The molecule has 8 heteroatoms. The Morgan fingerprint density at radius 3 is 2.85 bits per heavy atom. The van der Waals surface area contributed by atoms with Gasteiger partial charge in [-0.25, -0.2) is 4.98 Å². The number of anilines is 1. The predicted octanol–water partition coefficient (Wildman–Crippen LogP) is 3.30. The van der Waals surface area contributed by atoms with Gasteiger partial charge in [-0.1, -0.05) is 24.2 Å². The predicted molar refractivity (Wildman–Crippen MR) is 104 cm³/mol. The third-order valence-electron chi connectivity index (χ3n) is 4.62. The van der Waals surface area contributed by atoms with Crippen LogP contribution in [0.15, 0.2) is 36.5 Å². The summed E-state index contributed by atoms with van der Waals surface area (Å²) in [6.07, 6.45) is 5.15. The van der Waals surface area contributed by atoms with Crippen molar-refractivity contribution in [3.63, 3.8) is 0 Å². The van der Waals surface area contributed by atoms with Crippen LogP contribution in [-0.2, 0) is 0 Å². The van der Waals surface area contributed by atoms with Crippen LogP contribution in [0.4, 0.5) is 5.13 Å². The number of carbonyl (C=O) groups is 1. The van der Waals surface area contributed by atoms with Gasteiger partial charge in [-0.15, -0.1) is 0 Å². The Morgan fingerprint density at radius 1 is 1.22 bits per heavy atom. The monoisotopic (exact) mass is 384 g/mol. The molecular weight excluding hydrogens is 364 g/mol. The molecule has 2 aromatic heterocycles. The number of thiazole rings is 1. The summed E-state index contributed by atoms with van der Waals surface area (Å²) >= 11 is 1.53. The first kappa shape index (κ1) is 17.7. The van der Waals surface area contributed by atoms with Gasteiger partial charge in [-0.2, -0.15) is 0 Å². The lowest BCUT2D eigenvalue weighted by molar-refractivity contribution is 0.0995. The molecule has 4 rings (SSSR count). The highest BCUT2D eigenvalue weighted by Crippen LogP contribution is 2.32. The number of hydrogen-bond acceptors (Lipinski definition) is 7. The molecule has 27 heavy (non-hydrogen) atoms. The Hall–Kier alpha value is -2.71. The number of primary amides is 1. The molecule has 1 aliphatic carbocycles. The Bertz CT molecular complexity index is 974. The minimum atomic E-state index is -0.598. The Morgan fingerprint density at radius 2 is 2.04 bits per heavy atom. The molecule has 4 N–H and O–H groups in total. The maximum absolute atomic E-state index is 11.2. The van der Waals surface area contributed by atoms with Gasteiger partial charge in [-0.05, 0) is 31.0 Å². The molecule has 140 valence electrons. The quantitative estimate of drug-likeness (QED) is 0.622. The van der Waals surface area contributed by atoms with Gasteiger partial charge in [-0.3, -0.25) is 9.78 Å². The molecule has 3 aromatic rings. The maximum atomic E-state index is 11.2. The Kier molecular flexibility index (Phi) is 4.91. The van der Waals surface area contributed by atoms with Crippen LogP contribution in [0.5, 0.6) is 11.5 Å². The number of benzene rings is 1. The highest BCUT2D eigenvalue weighted by atomic mass is 32.1. The summed E-state index contributed by atoms with van der Waals surface area (Å²) in [4.78, 5) is 19.7. The minimum absolute atomic E-state index is 0.0547. The van der Waals surface area contributed by atoms with E-state index in [0.29, 0.717) is 11.5 Å². The summed E-state index contributed by atoms with van der Waals surface area (Å²) in [5.74, 6) is 0.530. The van der Waals surface area contributed by atoms with Crippen molar-refractivity contribution < 1.29 is 14.6 Å². The molecule has 1 amide bonds. The number of nitrogens with zero attached hydrogens (tertiary/aromatic N) is 2. The summed E-state index contributed by atoms with van der Waals surface area (Å²) < 4.78 is 6.80. The van der Waals surface area contributed by atoms with Crippen LogP contribution >= 0.6 is 11.3 Å². The smallest absolute Gasteiger partial charge is 0.267 e. The van der Waals surface area contributed by atoms with Crippen molar-refractivity contribution in [1.29, 1.82) is 0 Å². The van der Waals surface area contributed by atoms with Gasteiger partial charge in [0.25, 0.3) is 5.91 Å². The van der Waals surface area contributed by atoms with E-state index in [1.54, 1.807) is 6.07 Å². The summed E-state index contributed by atoms with van der Waals surface area (Å²) in [5.41, 5.74) is 6.28. The fourth-order valence-electron chi connectivity index (χ4n) is 3.21. The maximum Gasteiger partial charge on any atom is 0.267 e. The molecule has 0 unspecified atom stereocenters. The number of rotatable bonds is 5. The van der Waals surface area contributed by atoms with Crippen LogP contribution in [0.25, 0.3) is 10.2 Å². The van der Waals surface area contributed by atoms with E-state index in [0.717, 1.165) is 41.0 Å². The zero-order chi connectivity index (χ0) is 18.8. The highest BCUT2D eigenvalue weighted by molar-refractivity contribution is 7.22. The molecular formula is C19H20N4O3S. The lowest BCUT2D eigenvalue weighted by Crippen LogP contribution is -2.36. The molecule has 0 bridgehead atoms. The standard InChI is InChI=1S/C19H20N4O3S/c20-18(25)15-9-12(7-8-21-15)26-11-5-6-14-17(10-11)27-19(23-14)22-13-3-1-2-4-16(13)24/h5-10,13,16,24H,1-4H2,(H2,20,25)(H,22,23)/t13-,16-/m1/s1. The molecule has 1 fully saturated rings. The van der Waals surface area contributed by atoms with E-state index in [-0.39, 0.29) is 17.8 Å². The second-order valence-electron chi connectivity index (χ2n) is 6.59. The molecule has 0 aliphatic heterocycles. The summed E-state index contributed by atoms with van der Waals surface area (Å²) in [6.45, 7) is 0. The number of fused-ring (bicyclic) bond motifs is 1. The molecule has 0 saturated heterocycles. The van der Waals surface area contributed by atoms with E-state index < -0.39 is 5.91 Å². The molecule has 1 saturated carbocycles. The Balaban J connectivity index is 1.52. The molecule has 0 spiro atoms. The number of aromatic nitrogens is 2. The number of aliphatic hydroxyl groups excluding tert-OH is 1. The number of ether oxygens (including phenoxy) is 1. The normalized spacial score (nSPS) is 19.7. The SMILES string of the molecule is NC(=O)c1cc(Oc2ccc3nc(N[C@@H]4CCCC[C@H]4O)sc3c2)ccn1. The molecule has 2 heterocycles. The van der Waals surface area contributed by atoms with Crippen molar-refractivity contribution in [2.75, 3.05) is 5.32 Å². The molecule has 2 atom stereocenters. The number of nitrogens with two attached hydrogens (primary N) is 1. The van der Waals surface area contributed by atoms with Gasteiger partial charge in [0, 0.05) is 18.3 Å². The van der Waals surface area contributed by atoms with Crippen molar-refractivity contribution in [3.05, 3.63) is 42.2 Å². The van der Waals surface area contributed by atoms with Crippen molar-refractivity contribution in [3.8, 4) is 11.5 Å². The molecule has 1 aromatic carbocycles. The molecule has 0 radical (unpaired) electrons. The highest BCUT2D eigenvalue weighted by Gasteiger charge is 2.23. The fraction of sp³-hybridized carbons (Fsp3) is 0.316. The largest absolute Gasteiger partial charge is 0.457 e. The van der Waals surface area contributed by atoms with Gasteiger partial charge in [0.2, 0.25) is 0 Å². The first-order valence-corrected chi connectivity index (χ1v) is 9.69. The van der Waals surface area contributed by atoms with E-state index in [2.05, 4.69) is 15.3 Å². The second-order valence-corrected chi connectivity index (χ2v) is 7.62. The average Bonchev–Trinajstić information content (AvgIpc) is 3.05. The number of hydrogen-bond donors (Lipinski definition) is 3. The van der Waals surface area contributed by atoms with Crippen molar-refractivity contribution in [1.82, 2.24) is 9.97 Å². The van der Waals surface area contributed by atoms with E-state index in [9.17, 15) is 9.90 Å². The first-order chi connectivity index (χ1) is 13.1. The summed E-state index contributed by atoms with van der Waals surface area (Å²) in [5, 5.41) is 14.3. The zero-order valence-electron chi connectivity index (χ0n) is 14.6. The van der Waals surface area contributed by atoms with Gasteiger partial charge in [0.05, 0.1) is 22.4 Å². The first-order valence-electron chi connectivity index (χ1n) is 8.87. The van der Waals surface area contributed by atoms with Crippen molar-refractivity contribution >= 4 is 32.6 Å². The van der Waals surface area contributed by atoms with Crippen LogP contribution in [0.3, 0.4) is 0 Å². The van der Waals surface area contributed by atoms with E-state index in [1.807, 2.05) is 18.2 Å². The number of pyridine rings is 1. The van der Waals surface area contributed by atoms with Crippen LogP contribution in [-0.4, -0.2) is 33.1 Å². The summed E-state index contributed by atoms with van der Waals surface area (Å²) in [7, 11) is 0. The molecule has 7 nitrogen and oxygen atoms in total. The molecule has 1 aliphatic rings. The van der Waals surface area contributed by atoms with Crippen LogP contribution in [0.2, 0.25) is 0 Å². The number of amides is 1. The van der Waals surface area contributed by atoms with Crippen molar-refractivity contribution in [2.45, 2.75) is 37.8 Å². The van der Waals surface area contributed by atoms with E-state index in [4.69, 9.17) is 10.5 Å². The van der Waals surface area contributed by atoms with Gasteiger partial charge >= 0.3 is 0 Å².